The molecule has 1 aromatic heterocycles. The molecular formula is C9H14N6O3. The monoisotopic (exact) mass is 254 g/mol. The minimum absolute atomic E-state index is 0.0226. The van der Waals surface area contributed by atoms with Crippen molar-refractivity contribution in [1.82, 2.24) is 25.0 Å². The summed E-state index contributed by atoms with van der Waals surface area (Å²) in [5.41, 5.74) is 0. The number of nitrogens with one attached hydrogen (secondary N) is 1. The summed E-state index contributed by atoms with van der Waals surface area (Å²) in [6, 6.07) is 0.116. The molecule has 1 saturated heterocycles. The number of hydrogen-bond donors (Lipinski definition) is 1. The van der Waals surface area contributed by atoms with Gasteiger partial charge in [0.2, 0.25) is 12.2 Å². The fourth-order valence-electron chi connectivity index (χ4n) is 1.89. The summed E-state index contributed by atoms with van der Waals surface area (Å²) in [5.74, 6) is -0.597. The zero-order valence-corrected chi connectivity index (χ0v) is 9.94. The van der Waals surface area contributed by atoms with Gasteiger partial charge in [0.1, 0.15) is 6.54 Å². The molecule has 0 unspecified atom stereocenters. The van der Waals surface area contributed by atoms with Gasteiger partial charge in [0.05, 0.1) is 0 Å². The molecular weight excluding hydrogens is 240 g/mol. The van der Waals surface area contributed by atoms with Gasteiger partial charge in [0.25, 0.3) is 0 Å². The Morgan fingerprint density at radius 2 is 2.50 bits per heavy atom. The predicted octanol–water partition coefficient (Wildman–Crippen LogP) is -0.993. The quantitative estimate of drug-likeness (QED) is 0.548. The first-order chi connectivity index (χ1) is 8.58. The largest absolute Gasteiger partial charge is 0.490 e. The lowest BCUT2D eigenvalue weighted by molar-refractivity contribution is -0.394. The fraction of sp³-hybridized carbons (Fsp3) is 0.667. The smallest absolute Gasteiger partial charge is 0.390 e. The maximum atomic E-state index is 12.0. The molecule has 0 radical (unpaired) electrons. The molecule has 0 aromatic carbocycles. The Kier molecular flexibility index (Phi) is 3.51. The van der Waals surface area contributed by atoms with Crippen LogP contribution in [0.3, 0.4) is 0 Å². The van der Waals surface area contributed by atoms with E-state index < -0.39 is 10.9 Å². The van der Waals surface area contributed by atoms with E-state index in [1.807, 2.05) is 6.92 Å². The molecule has 1 aliphatic rings. The van der Waals surface area contributed by atoms with Gasteiger partial charge in [-0.1, -0.05) is 4.98 Å². The highest BCUT2D eigenvalue weighted by Crippen LogP contribution is 2.05. The van der Waals surface area contributed by atoms with E-state index in [1.165, 1.54) is 11.0 Å². The molecule has 0 bridgehead atoms. The van der Waals surface area contributed by atoms with E-state index in [0.717, 1.165) is 13.1 Å². The number of rotatable bonds is 3. The summed E-state index contributed by atoms with van der Waals surface area (Å²) in [4.78, 5) is 27.0. The van der Waals surface area contributed by atoms with Gasteiger partial charge in [0, 0.05) is 30.8 Å². The highest BCUT2D eigenvalue weighted by Gasteiger charge is 2.24. The summed E-state index contributed by atoms with van der Waals surface area (Å²) < 4.78 is 1.19. The van der Waals surface area contributed by atoms with E-state index in [-0.39, 0.29) is 18.5 Å². The van der Waals surface area contributed by atoms with E-state index in [9.17, 15) is 14.9 Å². The third-order valence-corrected chi connectivity index (χ3v) is 2.81. The Bertz CT molecular complexity index is 459. The van der Waals surface area contributed by atoms with E-state index in [1.54, 1.807) is 4.90 Å². The molecule has 1 amide bonds. The van der Waals surface area contributed by atoms with Crippen LogP contribution in [0.4, 0.5) is 5.95 Å². The third kappa shape index (κ3) is 2.62. The maximum Gasteiger partial charge on any atom is 0.490 e. The normalized spacial score (nSPS) is 19.8. The van der Waals surface area contributed by atoms with Gasteiger partial charge in [-0.3, -0.25) is 4.79 Å². The van der Waals surface area contributed by atoms with Crippen LogP contribution in [0.5, 0.6) is 0 Å². The van der Waals surface area contributed by atoms with Gasteiger partial charge in [-0.15, -0.1) is 0 Å². The standard InChI is InChI=1S/C9H14N6O3/c1-7-4-10-2-3-14(7)8(16)5-13-6-11-9(12-13)15(17)18/h6-7,10H,2-5H2,1H3/t7-/m1/s1. The van der Waals surface area contributed by atoms with Crippen LogP contribution in [0.2, 0.25) is 0 Å². The van der Waals surface area contributed by atoms with E-state index >= 15 is 0 Å². The number of nitrogens with zero attached hydrogens (tertiary/aromatic N) is 5. The Labute approximate surface area is 103 Å². The van der Waals surface area contributed by atoms with E-state index in [4.69, 9.17) is 0 Å². The number of carbonyl (C=O) groups excluding carboxylic acids is 1. The van der Waals surface area contributed by atoms with Crippen molar-refractivity contribution in [3.05, 3.63) is 16.4 Å². The van der Waals surface area contributed by atoms with Crippen LogP contribution in [0.15, 0.2) is 6.33 Å². The minimum Gasteiger partial charge on any atom is -0.390 e. The SMILES string of the molecule is C[C@@H]1CNCCN1C(=O)Cn1cnc([N+](=O)[O-])n1. The summed E-state index contributed by atoms with van der Waals surface area (Å²) >= 11 is 0. The van der Waals surface area contributed by atoms with E-state index in [2.05, 4.69) is 15.4 Å². The molecule has 0 spiro atoms. The van der Waals surface area contributed by atoms with Gasteiger partial charge in [-0.2, -0.15) is 4.68 Å². The fourth-order valence-corrected chi connectivity index (χ4v) is 1.89. The second-order valence-corrected chi connectivity index (χ2v) is 4.14. The Morgan fingerprint density at radius 1 is 1.72 bits per heavy atom. The summed E-state index contributed by atoms with van der Waals surface area (Å²) in [5, 5.41) is 17.2. The van der Waals surface area contributed by atoms with Gasteiger partial charge in [0.15, 0.2) is 0 Å². The molecule has 1 aliphatic heterocycles. The first-order valence-electron chi connectivity index (χ1n) is 5.62. The van der Waals surface area contributed by atoms with E-state index in [0.29, 0.717) is 6.54 Å². The van der Waals surface area contributed by atoms with Gasteiger partial charge in [-0.25, -0.2) is 0 Å². The maximum absolute atomic E-state index is 12.0. The zero-order valence-electron chi connectivity index (χ0n) is 9.94. The van der Waals surface area contributed by atoms with Crippen molar-refractivity contribution >= 4 is 11.9 Å². The average Bonchev–Trinajstić information content (AvgIpc) is 2.78. The number of nitro groups is 1. The van der Waals surface area contributed by atoms with Crippen LogP contribution in [-0.4, -0.2) is 56.2 Å². The van der Waals surface area contributed by atoms with Crippen molar-refractivity contribution in [2.24, 2.45) is 0 Å². The second kappa shape index (κ2) is 5.08. The Morgan fingerprint density at radius 3 is 3.11 bits per heavy atom. The Balaban J connectivity index is 1.99. The van der Waals surface area contributed by atoms with Crippen LogP contribution in [0, 0.1) is 10.1 Å². The number of carbonyl (C=O) groups is 1. The van der Waals surface area contributed by atoms with Crippen molar-refractivity contribution < 1.29 is 9.72 Å². The van der Waals surface area contributed by atoms with Crippen molar-refractivity contribution in [3.63, 3.8) is 0 Å². The van der Waals surface area contributed by atoms with Crippen molar-refractivity contribution in [3.8, 4) is 0 Å². The number of amides is 1. The van der Waals surface area contributed by atoms with Crippen molar-refractivity contribution in [1.29, 1.82) is 0 Å². The second-order valence-electron chi connectivity index (χ2n) is 4.14. The van der Waals surface area contributed by atoms with Crippen molar-refractivity contribution in [2.45, 2.75) is 19.5 Å². The first-order valence-corrected chi connectivity index (χ1v) is 5.62. The number of hydrogen-bond acceptors (Lipinski definition) is 6. The molecule has 1 N–H and O–H groups in total. The first kappa shape index (κ1) is 12.4. The van der Waals surface area contributed by atoms with Crippen LogP contribution in [0.25, 0.3) is 0 Å². The third-order valence-electron chi connectivity index (χ3n) is 2.81. The summed E-state index contributed by atoms with van der Waals surface area (Å²) in [7, 11) is 0. The number of aromatic nitrogens is 3. The van der Waals surface area contributed by atoms with Crippen LogP contribution >= 0.6 is 0 Å². The molecule has 9 heteroatoms. The highest BCUT2D eigenvalue weighted by molar-refractivity contribution is 5.76. The molecule has 2 rings (SSSR count). The lowest BCUT2D eigenvalue weighted by Gasteiger charge is -2.33. The van der Waals surface area contributed by atoms with Crippen molar-refractivity contribution in [2.75, 3.05) is 19.6 Å². The molecule has 0 saturated carbocycles. The van der Waals surface area contributed by atoms with Gasteiger partial charge >= 0.3 is 5.95 Å². The predicted molar refractivity (Wildman–Crippen MR) is 60.7 cm³/mol. The highest BCUT2D eigenvalue weighted by atomic mass is 16.6. The van der Waals surface area contributed by atoms with Crippen LogP contribution in [0.1, 0.15) is 6.92 Å². The minimum atomic E-state index is -0.686. The lowest BCUT2D eigenvalue weighted by atomic mass is 10.2. The molecule has 1 atom stereocenters. The molecule has 1 fully saturated rings. The van der Waals surface area contributed by atoms with Gasteiger partial charge in [-0.05, 0) is 11.8 Å². The molecule has 9 nitrogen and oxygen atoms in total. The van der Waals surface area contributed by atoms with Crippen LogP contribution in [-0.2, 0) is 11.3 Å². The number of piperazine rings is 1. The topological polar surface area (TPSA) is 106 Å². The zero-order chi connectivity index (χ0) is 13.1. The van der Waals surface area contributed by atoms with Crippen LogP contribution < -0.4 is 5.32 Å². The lowest BCUT2D eigenvalue weighted by Crippen LogP contribution is -2.53. The molecule has 98 valence electrons. The summed E-state index contributed by atoms with van der Waals surface area (Å²) in [6.45, 7) is 4.08. The molecule has 18 heavy (non-hydrogen) atoms. The molecule has 2 heterocycles. The molecule has 0 aliphatic carbocycles. The van der Waals surface area contributed by atoms with Gasteiger partial charge < -0.3 is 20.3 Å². The average molecular weight is 254 g/mol. The Hall–Kier alpha value is -2.03. The summed E-state index contributed by atoms with van der Waals surface area (Å²) in [6.07, 6.45) is 1.20. The molecule has 1 aromatic rings.